The summed E-state index contributed by atoms with van der Waals surface area (Å²) in [5.74, 6) is -0.182. The summed E-state index contributed by atoms with van der Waals surface area (Å²) in [7, 11) is 0. The molecular weight excluding hydrogens is 276 g/mol. The van der Waals surface area contributed by atoms with Crippen LogP contribution in [-0.2, 0) is 4.79 Å². The van der Waals surface area contributed by atoms with E-state index in [1.807, 2.05) is 16.7 Å². The van der Waals surface area contributed by atoms with Crippen LogP contribution in [0.1, 0.15) is 22.8 Å². The van der Waals surface area contributed by atoms with Crippen molar-refractivity contribution in [2.45, 2.75) is 12.2 Å². The predicted molar refractivity (Wildman–Crippen MR) is 78.7 cm³/mol. The molecule has 1 aliphatic rings. The smallest absolute Gasteiger partial charge is 0.328 e. The number of aromatic nitrogens is 1. The van der Waals surface area contributed by atoms with Gasteiger partial charge in [-0.15, -0.1) is 0 Å². The molecule has 1 unspecified atom stereocenters. The third-order valence-electron chi connectivity index (χ3n) is 3.02. The minimum atomic E-state index is -1.05. The second-order valence-corrected chi connectivity index (χ2v) is 6.11. The maximum atomic E-state index is 12.5. The molecule has 0 aromatic carbocycles. The third kappa shape index (κ3) is 3.60. The largest absolute Gasteiger partial charge is 0.478 e. The first-order chi connectivity index (χ1) is 9.58. The number of aliphatic carboxylic acids is 1. The van der Waals surface area contributed by atoms with Crippen LogP contribution in [0.4, 0.5) is 0 Å². The van der Waals surface area contributed by atoms with Crippen molar-refractivity contribution in [1.82, 2.24) is 9.88 Å². The fourth-order valence-electron chi connectivity index (χ4n) is 2.07. The Bertz CT molecular complexity index is 545. The molecule has 0 bridgehead atoms. The lowest BCUT2D eigenvalue weighted by molar-refractivity contribution is -0.131. The zero-order valence-electron chi connectivity index (χ0n) is 11.2. The standard InChI is InChI=1S/C14H16N2O3S/c1-10-9-16(6-7-20-10)14(19)12-4-5-15-8-11(12)2-3-13(17)18/h2-5,8,10H,6-7,9H2,1H3,(H,17,18)/b3-2+. The van der Waals surface area contributed by atoms with Gasteiger partial charge in [0.25, 0.3) is 5.91 Å². The highest BCUT2D eigenvalue weighted by molar-refractivity contribution is 7.99. The van der Waals surface area contributed by atoms with Crippen molar-refractivity contribution in [2.24, 2.45) is 0 Å². The molecule has 5 nitrogen and oxygen atoms in total. The van der Waals surface area contributed by atoms with Crippen LogP contribution < -0.4 is 0 Å². The van der Waals surface area contributed by atoms with Gasteiger partial charge in [-0.3, -0.25) is 9.78 Å². The van der Waals surface area contributed by atoms with Crippen LogP contribution in [0.5, 0.6) is 0 Å². The number of hydrogen-bond acceptors (Lipinski definition) is 4. The number of carboxylic acid groups (broad SMARTS) is 1. The number of rotatable bonds is 3. The molecule has 106 valence electrons. The van der Waals surface area contributed by atoms with Gasteiger partial charge in [-0.2, -0.15) is 11.8 Å². The van der Waals surface area contributed by atoms with E-state index < -0.39 is 5.97 Å². The van der Waals surface area contributed by atoms with Gasteiger partial charge < -0.3 is 10.0 Å². The number of pyridine rings is 1. The number of thioether (sulfide) groups is 1. The van der Waals surface area contributed by atoms with Crippen LogP contribution in [0.25, 0.3) is 6.08 Å². The lowest BCUT2D eigenvalue weighted by Gasteiger charge is -2.31. The van der Waals surface area contributed by atoms with E-state index in [0.717, 1.165) is 18.4 Å². The average molecular weight is 292 g/mol. The molecule has 20 heavy (non-hydrogen) atoms. The molecule has 0 saturated carbocycles. The summed E-state index contributed by atoms with van der Waals surface area (Å²) >= 11 is 1.85. The molecule has 1 amide bonds. The summed E-state index contributed by atoms with van der Waals surface area (Å²) in [6.45, 7) is 3.54. The summed E-state index contributed by atoms with van der Waals surface area (Å²) in [4.78, 5) is 28.9. The monoisotopic (exact) mass is 292 g/mol. The zero-order chi connectivity index (χ0) is 14.5. The Labute approximate surface area is 121 Å². The molecule has 6 heteroatoms. The van der Waals surface area contributed by atoms with E-state index >= 15 is 0 Å². The topological polar surface area (TPSA) is 70.5 Å². The molecule has 2 heterocycles. The molecule has 0 spiro atoms. The van der Waals surface area contributed by atoms with Gasteiger partial charge in [0.1, 0.15) is 0 Å². The highest BCUT2D eigenvalue weighted by Crippen LogP contribution is 2.21. The van der Waals surface area contributed by atoms with Crippen LogP contribution in [0, 0.1) is 0 Å². The second kappa shape index (κ2) is 6.56. The summed E-state index contributed by atoms with van der Waals surface area (Å²) in [6, 6.07) is 1.64. The Morgan fingerprint density at radius 2 is 2.35 bits per heavy atom. The molecule has 1 fully saturated rings. The maximum Gasteiger partial charge on any atom is 0.328 e. The number of carbonyl (C=O) groups excluding carboxylic acids is 1. The molecule has 0 radical (unpaired) electrons. The van der Waals surface area contributed by atoms with Crippen LogP contribution in [-0.4, -0.2) is 51.0 Å². The first-order valence-electron chi connectivity index (χ1n) is 6.34. The SMILES string of the molecule is CC1CN(C(=O)c2ccncc2/C=C/C(=O)O)CCS1. The number of hydrogen-bond donors (Lipinski definition) is 1. The van der Waals surface area contributed by atoms with Crippen LogP contribution in [0.3, 0.4) is 0 Å². The van der Waals surface area contributed by atoms with E-state index in [1.54, 1.807) is 12.3 Å². The highest BCUT2D eigenvalue weighted by Gasteiger charge is 2.23. The minimum Gasteiger partial charge on any atom is -0.478 e. The Kier molecular flexibility index (Phi) is 4.79. The van der Waals surface area contributed by atoms with Gasteiger partial charge in [0.2, 0.25) is 0 Å². The van der Waals surface area contributed by atoms with Crippen molar-refractivity contribution in [3.05, 3.63) is 35.7 Å². The molecule has 1 aliphatic heterocycles. The van der Waals surface area contributed by atoms with Crippen molar-refractivity contribution in [1.29, 1.82) is 0 Å². The van der Waals surface area contributed by atoms with Gasteiger partial charge in [0.05, 0.1) is 0 Å². The molecule has 1 aromatic rings. The summed E-state index contributed by atoms with van der Waals surface area (Å²) in [5.41, 5.74) is 1.03. The average Bonchev–Trinajstić information content (AvgIpc) is 2.44. The summed E-state index contributed by atoms with van der Waals surface area (Å²) in [5, 5.41) is 9.11. The third-order valence-corrected chi connectivity index (χ3v) is 4.15. The van der Waals surface area contributed by atoms with E-state index in [2.05, 4.69) is 11.9 Å². The summed E-state index contributed by atoms with van der Waals surface area (Å²) in [6.07, 6.45) is 5.48. The van der Waals surface area contributed by atoms with E-state index in [-0.39, 0.29) is 5.91 Å². The van der Waals surface area contributed by atoms with Gasteiger partial charge >= 0.3 is 5.97 Å². The molecule has 1 atom stereocenters. The maximum absolute atomic E-state index is 12.5. The fourth-order valence-corrected chi connectivity index (χ4v) is 3.08. The van der Waals surface area contributed by atoms with E-state index in [1.165, 1.54) is 12.3 Å². The number of carbonyl (C=O) groups is 2. The Morgan fingerprint density at radius 3 is 3.05 bits per heavy atom. The predicted octanol–water partition coefficient (Wildman–Crippen LogP) is 1.76. The lowest BCUT2D eigenvalue weighted by Crippen LogP contribution is -2.41. The second-order valence-electron chi connectivity index (χ2n) is 4.57. The molecule has 2 rings (SSSR count). The van der Waals surface area contributed by atoms with E-state index in [4.69, 9.17) is 5.11 Å². The van der Waals surface area contributed by atoms with Crippen molar-refractivity contribution in [3.8, 4) is 0 Å². The highest BCUT2D eigenvalue weighted by atomic mass is 32.2. The molecule has 1 saturated heterocycles. The van der Waals surface area contributed by atoms with Crippen LogP contribution >= 0.6 is 11.8 Å². The van der Waals surface area contributed by atoms with Gasteiger partial charge in [0, 0.05) is 53.7 Å². The normalized spacial score (nSPS) is 19.2. The first-order valence-corrected chi connectivity index (χ1v) is 7.38. The quantitative estimate of drug-likeness (QED) is 0.860. The lowest BCUT2D eigenvalue weighted by atomic mass is 10.1. The molecule has 1 N–H and O–H groups in total. The molecule has 0 aliphatic carbocycles. The Morgan fingerprint density at radius 1 is 1.55 bits per heavy atom. The summed E-state index contributed by atoms with van der Waals surface area (Å²) < 4.78 is 0. The minimum absolute atomic E-state index is 0.0652. The Balaban J connectivity index is 2.23. The van der Waals surface area contributed by atoms with Crippen LogP contribution in [0.15, 0.2) is 24.5 Å². The Hall–Kier alpha value is -1.82. The number of carboxylic acids is 1. The van der Waals surface area contributed by atoms with Gasteiger partial charge in [-0.05, 0) is 12.1 Å². The zero-order valence-corrected chi connectivity index (χ0v) is 12.0. The number of amides is 1. The number of nitrogens with zero attached hydrogens (tertiary/aromatic N) is 2. The van der Waals surface area contributed by atoms with E-state index in [9.17, 15) is 9.59 Å². The molecule has 1 aromatic heterocycles. The van der Waals surface area contributed by atoms with Crippen molar-refractivity contribution >= 4 is 29.7 Å². The van der Waals surface area contributed by atoms with Crippen molar-refractivity contribution < 1.29 is 14.7 Å². The molecular formula is C14H16N2O3S. The fraction of sp³-hybridized carbons (Fsp3) is 0.357. The van der Waals surface area contributed by atoms with Crippen molar-refractivity contribution in [2.75, 3.05) is 18.8 Å². The van der Waals surface area contributed by atoms with Crippen LogP contribution in [0.2, 0.25) is 0 Å². The van der Waals surface area contributed by atoms with Gasteiger partial charge in [-0.1, -0.05) is 6.92 Å². The van der Waals surface area contributed by atoms with Gasteiger partial charge in [-0.25, -0.2) is 4.79 Å². The first kappa shape index (κ1) is 14.6. The van der Waals surface area contributed by atoms with Gasteiger partial charge in [0.15, 0.2) is 0 Å². The van der Waals surface area contributed by atoms with E-state index in [0.29, 0.717) is 22.9 Å². The van der Waals surface area contributed by atoms with Crippen molar-refractivity contribution in [3.63, 3.8) is 0 Å².